The minimum Gasteiger partial charge on any atom is -0.396 e. The zero-order chi connectivity index (χ0) is 15.2. The number of aliphatic hydroxyl groups is 1. The number of rotatable bonds is 4. The summed E-state index contributed by atoms with van der Waals surface area (Å²) in [6.45, 7) is -4.70. The molecule has 0 bridgehead atoms. The van der Waals surface area contributed by atoms with Crippen molar-refractivity contribution in [3.05, 3.63) is 0 Å². The van der Waals surface area contributed by atoms with Gasteiger partial charge in [-0.05, 0) is 12.7 Å². The van der Waals surface area contributed by atoms with E-state index in [0.29, 0.717) is 0 Å². The monoisotopic (exact) mass is 144 g/mol. The van der Waals surface area contributed by atoms with Crippen LogP contribution in [0.2, 0.25) is 0 Å². The molecule has 2 heteroatoms. The van der Waals surface area contributed by atoms with Crippen molar-refractivity contribution in [2.75, 3.05) is 6.56 Å². The van der Waals surface area contributed by atoms with Gasteiger partial charge in [-0.15, -0.1) is 0 Å². The van der Waals surface area contributed by atoms with Gasteiger partial charge in [-0.25, -0.2) is 0 Å². The van der Waals surface area contributed by atoms with Crippen molar-refractivity contribution in [2.24, 2.45) is 0 Å². The Labute approximate surface area is 70.6 Å². The standard InChI is InChI=1S/C6H14OS/c1-2-3-6(8)4-5-7/h6-8H,2-5H2,1H3/i1D,2D2,3D2,4D2,5D2,6D. The molecule has 0 spiro atoms. The lowest BCUT2D eigenvalue weighted by molar-refractivity contribution is 0.285. The minimum absolute atomic E-state index is 1.11. The molecule has 8 heavy (non-hydrogen) atoms. The molecule has 0 aromatic rings. The van der Waals surface area contributed by atoms with Crippen LogP contribution in [0.5, 0.6) is 0 Å². The predicted molar refractivity (Wildman–Crippen MR) is 39.4 cm³/mol. The van der Waals surface area contributed by atoms with Crippen LogP contribution in [-0.2, 0) is 0 Å². The Morgan fingerprint density at radius 1 is 2.00 bits per heavy atom. The van der Waals surface area contributed by atoms with Gasteiger partial charge in [-0.1, -0.05) is 13.3 Å². The zero-order valence-electron chi connectivity index (χ0n) is 14.1. The third-order valence-corrected chi connectivity index (χ3v) is 0.605. The first-order valence-corrected chi connectivity index (χ1v) is 2.25. The first-order chi connectivity index (χ1) is 7.56. The van der Waals surface area contributed by atoms with Gasteiger partial charge in [0, 0.05) is 22.8 Å². The molecule has 0 aromatic heterocycles. The molecule has 0 aliphatic heterocycles. The summed E-state index contributed by atoms with van der Waals surface area (Å²) in [5.74, 6) is 0. The van der Waals surface area contributed by atoms with Gasteiger partial charge < -0.3 is 5.11 Å². The summed E-state index contributed by atoms with van der Waals surface area (Å²) < 4.78 is 72.3. The highest BCUT2D eigenvalue weighted by Crippen LogP contribution is 2.07. The maximum atomic E-state index is 9.04. The summed E-state index contributed by atoms with van der Waals surface area (Å²) in [4.78, 5) is 0. The molecule has 0 heterocycles. The Morgan fingerprint density at radius 3 is 3.25 bits per heavy atom. The van der Waals surface area contributed by atoms with E-state index in [9.17, 15) is 0 Å². The van der Waals surface area contributed by atoms with Crippen LogP contribution in [0.3, 0.4) is 0 Å². The van der Waals surface area contributed by atoms with Crippen LogP contribution in [0, 0.1) is 0 Å². The molecule has 0 saturated carbocycles. The molecular weight excluding hydrogens is 120 g/mol. The van der Waals surface area contributed by atoms with E-state index in [1.54, 1.807) is 0 Å². The lowest BCUT2D eigenvalue weighted by Crippen LogP contribution is -1.99. The summed E-state index contributed by atoms with van der Waals surface area (Å²) in [6, 6.07) is 0. The predicted octanol–water partition coefficient (Wildman–Crippen LogP) is 1.47. The Balaban J connectivity index is 5.80. The van der Waals surface area contributed by atoms with Crippen LogP contribution in [0.15, 0.2) is 0 Å². The van der Waals surface area contributed by atoms with Crippen LogP contribution >= 0.6 is 12.6 Å². The molecule has 1 unspecified atom stereocenters. The molecule has 0 amide bonds. The van der Waals surface area contributed by atoms with Crippen LogP contribution in [0.1, 0.15) is 39.7 Å². The Bertz CT molecular complexity index is 308. The Hall–Kier alpha value is 0.310. The van der Waals surface area contributed by atoms with Gasteiger partial charge in [-0.2, -0.15) is 12.6 Å². The average molecular weight is 144 g/mol. The minimum atomic E-state index is -3.60. The van der Waals surface area contributed by atoms with E-state index in [2.05, 4.69) is 12.6 Å². The van der Waals surface area contributed by atoms with Crippen LogP contribution in [0.4, 0.5) is 0 Å². The SMILES string of the molecule is [2H]CC([2H])([2H])C([2H])([2H])C([2H])(S)C([2H])([2H])C([2H])([2H])O. The van der Waals surface area contributed by atoms with E-state index < -0.39 is 37.8 Å². The van der Waals surface area contributed by atoms with Crippen molar-refractivity contribution in [1.29, 1.82) is 0 Å². The number of hydrogen-bond acceptors (Lipinski definition) is 2. The van der Waals surface area contributed by atoms with Crippen LogP contribution in [0.25, 0.3) is 0 Å². The fourth-order valence-electron chi connectivity index (χ4n) is 0.168. The van der Waals surface area contributed by atoms with Gasteiger partial charge in [0.25, 0.3) is 0 Å². The van der Waals surface area contributed by atoms with E-state index in [0.717, 1.165) is 0 Å². The molecule has 0 aromatic carbocycles. The maximum absolute atomic E-state index is 9.04. The van der Waals surface area contributed by atoms with Gasteiger partial charge in [0.15, 0.2) is 0 Å². The number of hydrogen-bond donors (Lipinski definition) is 2. The second kappa shape index (κ2) is 5.45. The summed E-state index contributed by atoms with van der Waals surface area (Å²) >= 11 is 3.38. The van der Waals surface area contributed by atoms with Gasteiger partial charge in [0.1, 0.15) is 0 Å². The number of thiol groups is 1. The Kier molecular flexibility index (Phi) is 1.01. The summed E-state index contributed by atoms with van der Waals surface area (Å²) in [7, 11) is 0. The first-order valence-electron chi connectivity index (χ1n) is 7.01. The summed E-state index contributed by atoms with van der Waals surface area (Å²) in [5.41, 5.74) is 0. The molecule has 0 rings (SSSR count). The zero-order valence-corrected chi connectivity index (χ0v) is 5.00. The highest BCUT2D eigenvalue weighted by molar-refractivity contribution is 7.80. The topological polar surface area (TPSA) is 20.2 Å². The lowest BCUT2D eigenvalue weighted by atomic mass is 10.2. The molecule has 1 N–H and O–H groups in total. The molecule has 50 valence electrons. The molecule has 0 saturated heterocycles. The summed E-state index contributed by atoms with van der Waals surface area (Å²) in [6.07, 6.45) is -9.76. The third kappa shape index (κ3) is 4.47. The molecule has 0 aliphatic carbocycles. The largest absolute Gasteiger partial charge is 0.396 e. The van der Waals surface area contributed by atoms with Gasteiger partial charge >= 0.3 is 0 Å². The van der Waals surface area contributed by atoms with Crippen molar-refractivity contribution >= 4 is 12.6 Å². The molecular formula is C6H14OS. The Morgan fingerprint density at radius 2 is 2.75 bits per heavy atom. The average Bonchev–Trinajstić information content (AvgIpc) is 2.15. The molecule has 1 atom stereocenters. The highest BCUT2D eigenvalue weighted by Gasteiger charge is 1.97. The summed E-state index contributed by atoms with van der Waals surface area (Å²) in [5, 5.41) is 5.79. The van der Waals surface area contributed by atoms with Crippen LogP contribution in [-0.4, -0.2) is 16.9 Å². The molecule has 0 aliphatic rings. The highest BCUT2D eigenvalue weighted by atomic mass is 32.1. The second-order valence-electron chi connectivity index (χ2n) is 0.887. The molecule has 0 fully saturated rings. The van der Waals surface area contributed by atoms with Gasteiger partial charge in [0.05, 0.1) is 2.74 Å². The van der Waals surface area contributed by atoms with Crippen molar-refractivity contribution in [3.63, 3.8) is 0 Å². The van der Waals surface area contributed by atoms with E-state index in [1.807, 2.05) is 0 Å². The maximum Gasteiger partial charge on any atom is 0.0564 e. The third-order valence-electron chi connectivity index (χ3n) is 0.381. The van der Waals surface area contributed by atoms with Gasteiger partial charge in [-0.3, -0.25) is 0 Å². The van der Waals surface area contributed by atoms with Crippen LogP contribution < -0.4 is 0 Å². The smallest absolute Gasteiger partial charge is 0.0564 e. The van der Waals surface area contributed by atoms with Gasteiger partial charge in [0.2, 0.25) is 0 Å². The van der Waals surface area contributed by atoms with E-state index in [1.165, 1.54) is 0 Å². The normalized spacial score (nSPS) is 43.2. The van der Waals surface area contributed by atoms with Crippen molar-refractivity contribution in [2.45, 2.75) is 31.2 Å². The fourth-order valence-corrected chi connectivity index (χ4v) is 0.297. The molecule has 0 radical (unpaired) electrons. The fraction of sp³-hybridized carbons (Fsp3) is 1.00. The van der Waals surface area contributed by atoms with Crippen molar-refractivity contribution in [3.8, 4) is 0 Å². The quantitative estimate of drug-likeness (QED) is 0.573. The van der Waals surface area contributed by atoms with Crippen molar-refractivity contribution in [1.82, 2.24) is 0 Å². The van der Waals surface area contributed by atoms with E-state index in [4.69, 9.17) is 18.8 Å². The van der Waals surface area contributed by atoms with Crippen molar-refractivity contribution < 1.29 is 18.8 Å². The van der Waals surface area contributed by atoms with E-state index >= 15 is 0 Å². The van der Waals surface area contributed by atoms with E-state index in [-0.39, 0.29) is 0 Å². The second-order valence-corrected chi connectivity index (χ2v) is 1.33. The molecule has 1 nitrogen and oxygen atoms in total. The lowest BCUT2D eigenvalue weighted by Gasteiger charge is -2.04. The first kappa shape index (κ1) is 1.48.